The number of tetrazole rings is 1. The van der Waals surface area contributed by atoms with E-state index >= 15 is 0 Å². The number of rotatable bonds is 5. The summed E-state index contributed by atoms with van der Waals surface area (Å²) in [5.41, 5.74) is 3.14. The number of hydrogen-bond acceptors (Lipinski definition) is 6. The Labute approximate surface area is 152 Å². The summed E-state index contributed by atoms with van der Waals surface area (Å²) >= 11 is 0. The molecule has 2 heterocycles. The van der Waals surface area contributed by atoms with Gasteiger partial charge in [0.25, 0.3) is 0 Å². The van der Waals surface area contributed by atoms with Crippen LogP contribution in [-0.2, 0) is 6.54 Å². The lowest BCUT2D eigenvalue weighted by Gasteiger charge is -2.32. The van der Waals surface area contributed by atoms with Gasteiger partial charge in [-0.15, -0.1) is 5.10 Å². The maximum Gasteiger partial charge on any atom is 0.175 e. The Morgan fingerprint density at radius 1 is 1.00 bits per heavy atom. The molecule has 26 heavy (non-hydrogen) atoms. The summed E-state index contributed by atoms with van der Waals surface area (Å²) in [5, 5.41) is 25.3. The van der Waals surface area contributed by atoms with Gasteiger partial charge >= 0.3 is 0 Å². The molecule has 0 amide bonds. The van der Waals surface area contributed by atoms with Crippen molar-refractivity contribution in [2.45, 2.75) is 25.5 Å². The van der Waals surface area contributed by atoms with Gasteiger partial charge in [0.2, 0.25) is 0 Å². The molecule has 4 rings (SSSR count). The molecule has 0 spiro atoms. The van der Waals surface area contributed by atoms with E-state index in [9.17, 15) is 5.11 Å². The molecule has 0 atom stereocenters. The van der Waals surface area contributed by atoms with Crippen molar-refractivity contribution in [1.82, 2.24) is 20.2 Å². The van der Waals surface area contributed by atoms with Crippen LogP contribution in [-0.4, -0.2) is 44.5 Å². The van der Waals surface area contributed by atoms with Crippen molar-refractivity contribution in [1.29, 1.82) is 0 Å². The number of benzene rings is 2. The fourth-order valence-corrected chi connectivity index (χ4v) is 3.27. The molecule has 3 aromatic rings. The zero-order chi connectivity index (χ0) is 17.8. The number of para-hydroxylation sites is 3. The number of aromatic nitrogens is 4. The predicted octanol–water partition coefficient (Wildman–Crippen LogP) is 2.24. The monoisotopic (exact) mass is 350 g/mol. The van der Waals surface area contributed by atoms with Crippen LogP contribution in [0.2, 0.25) is 0 Å². The maximum atomic E-state index is 9.74. The molecule has 1 saturated heterocycles. The number of hydrogen-bond donors (Lipinski definition) is 2. The number of anilines is 2. The van der Waals surface area contributed by atoms with Gasteiger partial charge in [0.1, 0.15) is 0 Å². The highest BCUT2D eigenvalue weighted by Crippen LogP contribution is 2.28. The normalized spacial score (nSPS) is 15.2. The van der Waals surface area contributed by atoms with E-state index in [4.69, 9.17) is 0 Å². The Morgan fingerprint density at radius 3 is 2.54 bits per heavy atom. The molecule has 0 unspecified atom stereocenters. The van der Waals surface area contributed by atoms with Gasteiger partial charge in [0.15, 0.2) is 5.82 Å². The highest BCUT2D eigenvalue weighted by Gasteiger charge is 2.19. The molecule has 0 bridgehead atoms. The van der Waals surface area contributed by atoms with Crippen LogP contribution < -0.4 is 10.2 Å². The van der Waals surface area contributed by atoms with E-state index in [1.807, 2.05) is 42.5 Å². The van der Waals surface area contributed by atoms with Gasteiger partial charge in [-0.2, -0.15) is 4.68 Å². The molecule has 0 saturated carbocycles. The Balaban J connectivity index is 1.51. The van der Waals surface area contributed by atoms with Gasteiger partial charge in [-0.1, -0.05) is 30.3 Å². The van der Waals surface area contributed by atoms with E-state index < -0.39 is 0 Å². The standard InChI is InChI=1S/C19H22N6O/c26-16-10-12-24(13-11-16)18-9-5-4-8-17(18)20-14-19-21-22-23-25(19)15-6-2-1-3-7-15/h1-9,16,20,26H,10-14H2. The lowest BCUT2D eigenvalue weighted by molar-refractivity contribution is 0.145. The second-order valence-electron chi connectivity index (χ2n) is 6.43. The van der Waals surface area contributed by atoms with Crippen molar-refractivity contribution in [3.05, 3.63) is 60.4 Å². The number of aliphatic hydroxyl groups excluding tert-OH is 1. The first-order valence-electron chi connectivity index (χ1n) is 8.90. The first kappa shape index (κ1) is 16.5. The van der Waals surface area contributed by atoms with Gasteiger partial charge in [-0.05, 0) is 47.5 Å². The summed E-state index contributed by atoms with van der Waals surface area (Å²) < 4.78 is 1.74. The number of piperidine rings is 1. The number of nitrogens with zero attached hydrogens (tertiary/aromatic N) is 5. The molecule has 2 N–H and O–H groups in total. The highest BCUT2D eigenvalue weighted by atomic mass is 16.3. The molecule has 7 heteroatoms. The SMILES string of the molecule is OC1CCN(c2ccccc2NCc2nnnn2-c2ccccc2)CC1. The van der Waals surface area contributed by atoms with E-state index in [0.717, 1.165) is 48.8 Å². The molecular formula is C19H22N6O. The fraction of sp³-hybridized carbons (Fsp3) is 0.316. The Hall–Kier alpha value is -2.93. The fourth-order valence-electron chi connectivity index (χ4n) is 3.27. The van der Waals surface area contributed by atoms with Crippen molar-refractivity contribution in [2.75, 3.05) is 23.3 Å². The van der Waals surface area contributed by atoms with E-state index in [-0.39, 0.29) is 6.10 Å². The van der Waals surface area contributed by atoms with Crippen molar-refractivity contribution in [3.8, 4) is 5.69 Å². The summed E-state index contributed by atoms with van der Waals surface area (Å²) in [6.07, 6.45) is 1.43. The van der Waals surface area contributed by atoms with Crippen LogP contribution in [0.1, 0.15) is 18.7 Å². The van der Waals surface area contributed by atoms with E-state index in [1.54, 1.807) is 4.68 Å². The van der Waals surface area contributed by atoms with Crippen LogP contribution in [0.5, 0.6) is 0 Å². The van der Waals surface area contributed by atoms with Crippen molar-refractivity contribution in [2.24, 2.45) is 0 Å². The van der Waals surface area contributed by atoms with Crippen molar-refractivity contribution in [3.63, 3.8) is 0 Å². The summed E-state index contributed by atoms with van der Waals surface area (Å²) in [5.74, 6) is 0.750. The molecular weight excluding hydrogens is 328 g/mol. The molecule has 7 nitrogen and oxygen atoms in total. The lowest BCUT2D eigenvalue weighted by Crippen LogP contribution is -2.36. The van der Waals surface area contributed by atoms with Crippen LogP contribution in [0, 0.1) is 0 Å². The zero-order valence-electron chi connectivity index (χ0n) is 14.5. The average molecular weight is 350 g/mol. The summed E-state index contributed by atoms with van der Waals surface area (Å²) in [6.45, 7) is 2.25. The van der Waals surface area contributed by atoms with Crippen LogP contribution in [0.3, 0.4) is 0 Å². The third-order valence-corrected chi connectivity index (χ3v) is 4.68. The van der Waals surface area contributed by atoms with E-state index in [2.05, 4.69) is 37.9 Å². The molecule has 0 radical (unpaired) electrons. The Kier molecular flexibility index (Phi) is 4.79. The van der Waals surface area contributed by atoms with Crippen LogP contribution in [0.4, 0.5) is 11.4 Å². The van der Waals surface area contributed by atoms with Gasteiger partial charge in [-0.3, -0.25) is 0 Å². The predicted molar refractivity (Wildman–Crippen MR) is 100 cm³/mol. The second kappa shape index (κ2) is 7.53. The van der Waals surface area contributed by atoms with Gasteiger partial charge in [0.05, 0.1) is 29.7 Å². The summed E-state index contributed by atoms with van der Waals surface area (Å²) in [7, 11) is 0. The minimum Gasteiger partial charge on any atom is -0.393 e. The first-order chi connectivity index (χ1) is 12.8. The number of aliphatic hydroxyl groups is 1. The third-order valence-electron chi connectivity index (χ3n) is 4.68. The molecule has 1 aliphatic heterocycles. The minimum atomic E-state index is -0.179. The van der Waals surface area contributed by atoms with Crippen LogP contribution >= 0.6 is 0 Å². The molecule has 0 aliphatic carbocycles. The van der Waals surface area contributed by atoms with Crippen LogP contribution in [0.25, 0.3) is 5.69 Å². The molecule has 1 aromatic heterocycles. The van der Waals surface area contributed by atoms with Crippen molar-refractivity contribution >= 4 is 11.4 Å². The number of nitrogens with one attached hydrogen (secondary N) is 1. The summed E-state index contributed by atoms with van der Waals surface area (Å²) in [6, 6.07) is 18.1. The van der Waals surface area contributed by atoms with Crippen molar-refractivity contribution < 1.29 is 5.11 Å². The van der Waals surface area contributed by atoms with E-state index in [0.29, 0.717) is 6.54 Å². The van der Waals surface area contributed by atoms with Gasteiger partial charge in [0, 0.05) is 13.1 Å². The zero-order valence-corrected chi connectivity index (χ0v) is 14.5. The Morgan fingerprint density at radius 2 is 1.73 bits per heavy atom. The van der Waals surface area contributed by atoms with E-state index in [1.165, 1.54) is 0 Å². The highest BCUT2D eigenvalue weighted by molar-refractivity contribution is 5.70. The molecule has 2 aromatic carbocycles. The smallest absolute Gasteiger partial charge is 0.175 e. The minimum absolute atomic E-state index is 0.179. The Bertz CT molecular complexity index is 842. The van der Waals surface area contributed by atoms with Gasteiger partial charge in [-0.25, -0.2) is 0 Å². The summed E-state index contributed by atoms with van der Waals surface area (Å²) in [4.78, 5) is 2.31. The van der Waals surface area contributed by atoms with Gasteiger partial charge < -0.3 is 15.3 Å². The topological polar surface area (TPSA) is 79.1 Å². The average Bonchev–Trinajstić information content (AvgIpc) is 3.17. The maximum absolute atomic E-state index is 9.74. The van der Waals surface area contributed by atoms with Crippen LogP contribution in [0.15, 0.2) is 54.6 Å². The second-order valence-corrected chi connectivity index (χ2v) is 6.43. The molecule has 134 valence electrons. The molecule has 1 fully saturated rings. The quantitative estimate of drug-likeness (QED) is 0.735. The largest absolute Gasteiger partial charge is 0.393 e. The first-order valence-corrected chi connectivity index (χ1v) is 8.90. The lowest BCUT2D eigenvalue weighted by atomic mass is 10.1. The molecule has 1 aliphatic rings. The third kappa shape index (κ3) is 3.52.